The summed E-state index contributed by atoms with van der Waals surface area (Å²) in [5.41, 5.74) is 6.84. The lowest BCUT2D eigenvalue weighted by atomic mass is 10.1. The summed E-state index contributed by atoms with van der Waals surface area (Å²) in [5, 5.41) is 0. The number of hydrogen-bond acceptors (Lipinski definition) is 6. The molecule has 2 N–H and O–H groups in total. The van der Waals surface area contributed by atoms with Gasteiger partial charge in [-0.25, -0.2) is 0 Å². The second kappa shape index (κ2) is 5.10. The third-order valence-electron chi connectivity index (χ3n) is 3.26. The lowest BCUT2D eigenvalue weighted by molar-refractivity contribution is -0.158. The second-order valence-electron chi connectivity index (χ2n) is 4.61. The van der Waals surface area contributed by atoms with Crippen molar-refractivity contribution in [1.29, 1.82) is 0 Å². The number of amides is 2. The highest BCUT2D eigenvalue weighted by Crippen LogP contribution is 2.33. The first kappa shape index (κ1) is 12.9. The van der Waals surface area contributed by atoms with E-state index >= 15 is 0 Å². The van der Waals surface area contributed by atoms with Crippen LogP contribution in [0.15, 0.2) is 18.2 Å². The molecule has 0 bridgehead atoms. The zero-order chi connectivity index (χ0) is 14.1. The fourth-order valence-electron chi connectivity index (χ4n) is 2.17. The van der Waals surface area contributed by atoms with Crippen LogP contribution in [-0.4, -0.2) is 43.3 Å². The molecule has 1 aromatic carbocycles. The molecule has 7 heteroatoms. The number of fused-ring (bicyclic) bond motifs is 1. The van der Waals surface area contributed by atoms with Crippen LogP contribution in [0.5, 0.6) is 11.5 Å². The minimum Gasteiger partial charge on any atom is -0.454 e. The third kappa shape index (κ3) is 2.33. The molecule has 0 radical (unpaired) electrons. The summed E-state index contributed by atoms with van der Waals surface area (Å²) in [6, 6.07) is 4.85. The summed E-state index contributed by atoms with van der Waals surface area (Å²) < 4.78 is 15.3. The van der Waals surface area contributed by atoms with Crippen molar-refractivity contribution < 1.29 is 23.8 Å². The molecule has 2 heterocycles. The van der Waals surface area contributed by atoms with E-state index in [2.05, 4.69) is 0 Å². The minimum absolute atomic E-state index is 0.0837. The van der Waals surface area contributed by atoms with Gasteiger partial charge in [-0.2, -0.15) is 0 Å². The number of rotatable bonds is 3. The molecule has 2 aliphatic heterocycles. The number of nitrogens with two attached hydrogens (primary N) is 1. The van der Waals surface area contributed by atoms with E-state index in [1.165, 1.54) is 0 Å². The van der Waals surface area contributed by atoms with E-state index in [-0.39, 0.29) is 38.4 Å². The van der Waals surface area contributed by atoms with Crippen LogP contribution in [0, 0.1) is 0 Å². The molecular formula is C13H14N2O5. The van der Waals surface area contributed by atoms with Gasteiger partial charge in [0.1, 0.15) is 13.2 Å². The predicted octanol–water partition coefficient (Wildman–Crippen LogP) is -0.199. The molecule has 0 aliphatic carbocycles. The van der Waals surface area contributed by atoms with Gasteiger partial charge in [-0.15, -0.1) is 0 Å². The molecule has 2 amide bonds. The maximum Gasteiger partial charge on any atom is 0.255 e. The zero-order valence-corrected chi connectivity index (χ0v) is 10.7. The Bertz CT molecular complexity index is 544. The Kier molecular flexibility index (Phi) is 3.29. The van der Waals surface area contributed by atoms with E-state index in [0.29, 0.717) is 11.5 Å². The van der Waals surface area contributed by atoms with E-state index in [0.717, 1.165) is 10.5 Å². The fourth-order valence-corrected chi connectivity index (χ4v) is 2.17. The Labute approximate surface area is 115 Å². The van der Waals surface area contributed by atoms with Crippen LogP contribution >= 0.6 is 0 Å². The molecule has 106 valence electrons. The van der Waals surface area contributed by atoms with E-state index in [1.807, 2.05) is 0 Å². The van der Waals surface area contributed by atoms with E-state index in [9.17, 15) is 9.59 Å². The van der Waals surface area contributed by atoms with Crippen LogP contribution in [0.3, 0.4) is 0 Å². The summed E-state index contributed by atoms with van der Waals surface area (Å²) >= 11 is 0. The maximum atomic E-state index is 11.6. The number of hydrogen-bond donors (Lipinski definition) is 1. The van der Waals surface area contributed by atoms with Crippen molar-refractivity contribution in [2.45, 2.75) is 6.04 Å². The second-order valence-corrected chi connectivity index (χ2v) is 4.61. The topological polar surface area (TPSA) is 91.1 Å². The van der Waals surface area contributed by atoms with Gasteiger partial charge in [0.05, 0.1) is 0 Å². The molecule has 2 aliphatic rings. The molecule has 1 atom stereocenters. The highest BCUT2D eigenvalue weighted by molar-refractivity contribution is 5.98. The number of imide groups is 1. The first-order valence-electron chi connectivity index (χ1n) is 6.21. The van der Waals surface area contributed by atoms with Crippen molar-refractivity contribution in [2.24, 2.45) is 5.73 Å². The largest absolute Gasteiger partial charge is 0.454 e. The maximum absolute atomic E-state index is 11.6. The van der Waals surface area contributed by atoms with Crippen molar-refractivity contribution in [1.82, 2.24) is 4.90 Å². The molecule has 7 nitrogen and oxygen atoms in total. The standard InChI is InChI=1S/C13H14N2O5/c14-9(4-15-12(16)5-18-6-13(15)17)8-1-2-10-11(3-8)20-7-19-10/h1-3,9H,4-7,14H2. The molecule has 1 unspecified atom stereocenters. The van der Waals surface area contributed by atoms with Gasteiger partial charge in [0.2, 0.25) is 6.79 Å². The summed E-state index contributed by atoms with van der Waals surface area (Å²) in [6.07, 6.45) is 0. The SMILES string of the molecule is NC(CN1C(=O)COCC1=O)c1ccc2c(c1)OCO2. The van der Waals surface area contributed by atoms with Crippen LogP contribution in [0.2, 0.25) is 0 Å². The molecule has 0 saturated carbocycles. The lowest BCUT2D eigenvalue weighted by Gasteiger charge is -2.27. The summed E-state index contributed by atoms with van der Waals surface area (Å²) in [6.45, 7) is 0.147. The summed E-state index contributed by atoms with van der Waals surface area (Å²) in [7, 11) is 0. The Morgan fingerprint density at radius 2 is 1.85 bits per heavy atom. The van der Waals surface area contributed by atoms with Gasteiger partial charge in [0.25, 0.3) is 11.8 Å². The van der Waals surface area contributed by atoms with Gasteiger partial charge in [-0.05, 0) is 17.7 Å². The van der Waals surface area contributed by atoms with Crippen LogP contribution in [0.4, 0.5) is 0 Å². The monoisotopic (exact) mass is 278 g/mol. The van der Waals surface area contributed by atoms with Crippen LogP contribution in [-0.2, 0) is 14.3 Å². The average molecular weight is 278 g/mol. The number of ether oxygens (including phenoxy) is 3. The first-order chi connectivity index (χ1) is 9.65. The van der Waals surface area contributed by atoms with Crippen molar-refractivity contribution in [3.63, 3.8) is 0 Å². The van der Waals surface area contributed by atoms with Gasteiger partial charge in [-0.1, -0.05) is 6.07 Å². The van der Waals surface area contributed by atoms with E-state index in [1.54, 1.807) is 18.2 Å². The Morgan fingerprint density at radius 3 is 2.60 bits per heavy atom. The molecular weight excluding hydrogens is 264 g/mol. The van der Waals surface area contributed by atoms with Gasteiger partial charge in [0, 0.05) is 12.6 Å². The minimum atomic E-state index is -0.476. The molecule has 1 aromatic rings. The zero-order valence-electron chi connectivity index (χ0n) is 10.7. The van der Waals surface area contributed by atoms with Gasteiger partial charge < -0.3 is 19.9 Å². The molecule has 20 heavy (non-hydrogen) atoms. The number of morpholine rings is 1. The summed E-state index contributed by atoms with van der Waals surface area (Å²) in [5.74, 6) is 0.562. The fraction of sp³-hybridized carbons (Fsp3) is 0.385. The van der Waals surface area contributed by atoms with Gasteiger partial charge in [-0.3, -0.25) is 14.5 Å². The quantitative estimate of drug-likeness (QED) is 0.770. The summed E-state index contributed by atoms with van der Waals surface area (Å²) in [4.78, 5) is 24.4. The number of nitrogens with zero attached hydrogens (tertiary/aromatic N) is 1. The Morgan fingerprint density at radius 1 is 1.15 bits per heavy atom. The Balaban J connectivity index is 1.74. The lowest BCUT2D eigenvalue weighted by Crippen LogP contribution is -2.48. The van der Waals surface area contributed by atoms with Gasteiger partial charge in [0.15, 0.2) is 11.5 Å². The molecule has 1 saturated heterocycles. The van der Waals surface area contributed by atoms with Crippen LogP contribution in [0.1, 0.15) is 11.6 Å². The van der Waals surface area contributed by atoms with Crippen LogP contribution < -0.4 is 15.2 Å². The van der Waals surface area contributed by atoms with Crippen molar-refractivity contribution >= 4 is 11.8 Å². The molecule has 0 aromatic heterocycles. The Hall–Kier alpha value is -2.12. The van der Waals surface area contributed by atoms with Crippen molar-refractivity contribution in [2.75, 3.05) is 26.6 Å². The highest BCUT2D eigenvalue weighted by atomic mass is 16.7. The van der Waals surface area contributed by atoms with E-state index in [4.69, 9.17) is 19.9 Å². The van der Waals surface area contributed by atoms with E-state index < -0.39 is 6.04 Å². The van der Waals surface area contributed by atoms with Crippen LogP contribution in [0.25, 0.3) is 0 Å². The van der Waals surface area contributed by atoms with Gasteiger partial charge >= 0.3 is 0 Å². The number of benzene rings is 1. The van der Waals surface area contributed by atoms with Crippen molar-refractivity contribution in [3.05, 3.63) is 23.8 Å². The molecule has 1 fully saturated rings. The average Bonchev–Trinajstić information content (AvgIpc) is 2.90. The predicted molar refractivity (Wildman–Crippen MR) is 67.0 cm³/mol. The molecule has 0 spiro atoms. The van der Waals surface area contributed by atoms with Crippen molar-refractivity contribution in [3.8, 4) is 11.5 Å². The molecule has 3 rings (SSSR count). The normalized spacial score (nSPS) is 19.4. The smallest absolute Gasteiger partial charge is 0.255 e. The number of carbonyl (C=O) groups excluding carboxylic acids is 2. The third-order valence-corrected chi connectivity index (χ3v) is 3.26. The highest BCUT2D eigenvalue weighted by Gasteiger charge is 2.28. The number of carbonyl (C=O) groups is 2. The first-order valence-corrected chi connectivity index (χ1v) is 6.21.